The number of alkyl carbamates (subject to hydrolysis) is 1. The molecule has 0 aliphatic rings. The zero-order chi connectivity index (χ0) is 15.1. The van der Waals surface area contributed by atoms with Gasteiger partial charge in [0.2, 0.25) is 0 Å². The van der Waals surface area contributed by atoms with Crippen LogP contribution in [0.1, 0.15) is 34.6 Å². The highest BCUT2D eigenvalue weighted by molar-refractivity contribution is 6.17. The molecule has 1 N–H and O–H groups in total. The van der Waals surface area contributed by atoms with Crippen LogP contribution in [0.25, 0.3) is 0 Å². The predicted molar refractivity (Wildman–Crippen MR) is 71.1 cm³/mol. The van der Waals surface area contributed by atoms with Gasteiger partial charge in [0.15, 0.2) is 12.1 Å². The summed E-state index contributed by atoms with van der Waals surface area (Å²) in [5, 5.41) is 2.39. The number of rotatable bonds is 6. The first kappa shape index (κ1) is 18.0. The van der Waals surface area contributed by atoms with Gasteiger partial charge in [-0.25, -0.2) is 9.59 Å². The number of nitrogens with one attached hydrogen (secondary N) is 1. The van der Waals surface area contributed by atoms with Crippen LogP contribution in [-0.2, 0) is 19.0 Å². The largest absolute Gasteiger partial charge is 0.448 e. The van der Waals surface area contributed by atoms with Crippen LogP contribution < -0.4 is 5.32 Å². The van der Waals surface area contributed by atoms with E-state index >= 15 is 0 Å². The summed E-state index contributed by atoms with van der Waals surface area (Å²) in [6.07, 6.45) is -0.789. The Morgan fingerprint density at radius 1 is 1.26 bits per heavy atom. The van der Waals surface area contributed by atoms with E-state index in [0.717, 1.165) is 0 Å². The number of amides is 1. The van der Waals surface area contributed by atoms with Gasteiger partial charge in [-0.05, 0) is 34.6 Å². The molecule has 7 heteroatoms. The number of hydrogen-bond acceptors (Lipinski definition) is 5. The van der Waals surface area contributed by atoms with Crippen molar-refractivity contribution in [3.8, 4) is 0 Å². The van der Waals surface area contributed by atoms with Crippen molar-refractivity contribution in [3.05, 3.63) is 0 Å². The van der Waals surface area contributed by atoms with E-state index in [-0.39, 0.29) is 18.8 Å². The lowest BCUT2D eigenvalue weighted by atomic mass is 10.2. The third kappa shape index (κ3) is 9.55. The van der Waals surface area contributed by atoms with Gasteiger partial charge in [-0.1, -0.05) is 11.6 Å². The second-order valence-electron chi connectivity index (χ2n) is 5.15. The lowest BCUT2D eigenvalue weighted by Gasteiger charge is -2.23. The van der Waals surface area contributed by atoms with Gasteiger partial charge >= 0.3 is 12.1 Å². The maximum absolute atomic E-state index is 11.6. The molecule has 0 radical (unpaired) electrons. The average Bonchev–Trinajstić information content (AvgIpc) is 2.21. The number of halogens is 1. The summed E-state index contributed by atoms with van der Waals surface area (Å²) < 4.78 is 15.0. The molecule has 0 aromatic carbocycles. The normalized spacial score (nSPS) is 13.0. The third-order valence-corrected chi connectivity index (χ3v) is 1.88. The minimum absolute atomic E-state index is 0.00731. The van der Waals surface area contributed by atoms with Gasteiger partial charge in [0.25, 0.3) is 0 Å². The van der Waals surface area contributed by atoms with Crippen molar-refractivity contribution >= 4 is 23.7 Å². The number of esters is 1. The number of carbonyl (C=O) groups excluding carboxylic acids is 2. The third-order valence-electron chi connectivity index (χ3n) is 1.77. The van der Waals surface area contributed by atoms with E-state index in [1.807, 2.05) is 13.8 Å². The molecular weight excluding hydrogens is 274 g/mol. The summed E-state index contributed by atoms with van der Waals surface area (Å²) in [6, 6.07) is -1.23. The first-order chi connectivity index (χ1) is 8.65. The maximum atomic E-state index is 11.6. The van der Waals surface area contributed by atoms with Gasteiger partial charge in [0.05, 0.1) is 12.7 Å². The van der Waals surface area contributed by atoms with E-state index in [0.29, 0.717) is 0 Å². The van der Waals surface area contributed by atoms with E-state index in [4.69, 9.17) is 21.1 Å². The minimum atomic E-state index is -0.948. The number of alkyl halides is 1. The lowest BCUT2D eigenvalue weighted by molar-refractivity contribution is -0.146. The Labute approximate surface area is 118 Å². The Hall–Kier alpha value is -1.01. The quantitative estimate of drug-likeness (QED) is 0.599. The molecule has 112 valence electrons. The van der Waals surface area contributed by atoms with E-state index in [1.54, 1.807) is 20.8 Å². The number of hydrogen-bond donors (Lipinski definition) is 1. The average molecular weight is 296 g/mol. The SMILES string of the molecule is CC(C)OCC(NC(=O)OC(C)(C)C)C(=O)OCCl. The van der Waals surface area contributed by atoms with Crippen molar-refractivity contribution in [3.63, 3.8) is 0 Å². The van der Waals surface area contributed by atoms with Gasteiger partial charge < -0.3 is 19.5 Å². The highest BCUT2D eigenvalue weighted by Gasteiger charge is 2.26. The molecule has 0 fully saturated rings. The molecule has 0 aromatic rings. The Morgan fingerprint density at radius 2 is 1.84 bits per heavy atom. The summed E-state index contributed by atoms with van der Waals surface area (Å²) >= 11 is 5.32. The summed E-state index contributed by atoms with van der Waals surface area (Å²) in [5.74, 6) is -0.665. The molecule has 0 heterocycles. The fourth-order valence-electron chi connectivity index (χ4n) is 1.06. The highest BCUT2D eigenvalue weighted by atomic mass is 35.5. The second-order valence-corrected chi connectivity index (χ2v) is 5.37. The van der Waals surface area contributed by atoms with Crippen LogP contribution in [0.15, 0.2) is 0 Å². The van der Waals surface area contributed by atoms with E-state index in [9.17, 15) is 9.59 Å². The molecule has 0 aromatic heterocycles. The lowest BCUT2D eigenvalue weighted by Crippen LogP contribution is -2.47. The monoisotopic (exact) mass is 295 g/mol. The minimum Gasteiger partial charge on any atom is -0.448 e. The first-order valence-electron chi connectivity index (χ1n) is 5.99. The molecule has 19 heavy (non-hydrogen) atoms. The highest BCUT2D eigenvalue weighted by Crippen LogP contribution is 2.07. The number of ether oxygens (including phenoxy) is 3. The second kappa shape index (κ2) is 8.22. The van der Waals surface area contributed by atoms with Crippen LogP contribution in [0.4, 0.5) is 4.79 Å². The van der Waals surface area contributed by atoms with Gasteiger partial charge in [0, 0.05) is 0 Å². The standard InChI is InChI=1S/C12H22ClNO5/c1-8(2)17-6-9(10(15)18-7-13)14-11(16)19-12(3,4)5/h8-9H,6-7H2,1-5H3,(H,14,16). The molecule has 1 atom stereocenters. The van der Waals surface area contributed by atoms with Crippen LogP contribution in [0.5, 0.6) is 0 Å². The van der Waals surface area contributed by atoms with Gasteiger partial charge in [-0.3, -0.25) is 0 Å². The van der Waals surface area contributed by atoms with Crippen molar-refractivity contribution in [1.82, 2.24) is 5.32 Å². The van der Waals surface area contributed by atoms with Crippen LogP contribution in [0.3, 0.4) is 0 Å². The Bertz CT molecular complexity index is 301. The van der Waals surface area contributed by atoms with E-state index in [2.05, 4.69) is 10.1 Å². The molecule has 6 nitrogen and oxygen atoms in total. The van der Waals surface area contributed by atoms with E-state index in [1.165, 1.54) is 0 Å². The summed E-state index contributed by atoms with van der Waals surface area (Å²) in [4.78, 5) is 23.2. The van der Waals surface area contributed by atoms with E-state index < -0.39 is 23.7 Å². The molecule has 0 aliphatic heterocycles. The zero-order valence-corrected chi connectivity index (χ0v) is 12.7. The van der Waals surface area contributed by atoms with Crippen molar-refractivity contribution in [2.24, 2.45) is 0 Å². The van der Waals surface area contributed by atoms with Crippen LogP contribution in [0, 0.1) is 0 Å². The molecule has 0 rings (SSSR count). The van der Waals surface area contributed by atoms with Crippen molar-refractivity contribution in [1.29, 1.82) is 0 Å². The Kier molecular flexibility index (Phi) is 7.78. The molecule has 0 bridgehead atoms. The summed E-state index contributed by atoms with van der Waals surface area (Å²) in [5.41, 5.74) is -0.649. The molecule has 0 aliphatic carbocycles. The topological polar surface area (TPSA) is 73.9 Å². The summed E-state index contributed by atoms with van der Waals surface area (Å²) in [7, 11) is 0. The molecule has 0 spiro atoms. The fraction of sp³-hybridized carbons (Fsp3) is 0.833. The molecule has 0 saturated carbocycles. The zero-order valence-electron chi connectivity index (χ0n) is 12.0. The van der Waals surface area contributed by atoms with Crippen molar-refractivity contribution in [2.45, 2.75) is 52.4 Å². The van der Waals surface area contributed by atoms with Crippen LogP contribution >= 0.6 is 11.6 Å². The van der Waals surface area contributed by atoms with Crippen molar-refractivity contribution < 1.29 is 23.8 Å². The van der Waals surface area contributed by atoms with Crippen LogP contribution in [0.2, 0.25) is 0 Å². The first-order valence-corrected chi connectivity index (χ1v) is 6.53. The van der Waals surface area contributed by atoms with Gasteiger partial charge in [-0.15, -0.1) is 0 Å². The Morgan fingerprint density at radius 3 is 2.26 bits per heavy atom. The maximum Gasteiger partial charge on any atom is 0.408 e. The van der Waals surface area contributed by atoms with Crippen LogP contribution in [-0.4, -0.2) is 42.5 Å². The predicted octanol–water partition coefficient (Wildman–Crippen LogP) is 2.04. The Balaban J connectivity index is 4.48. The molecular formula is C12H22ClNO5. The molecule has 1 amide bonds. The summed E-state index contributed by atoms with van der Waals surface area (Å²) in [6.45, 7) is 8.80. The van der Waals surface area contributed by atoms with Gasteiger partial charge in [-0.2, -0.15) is 0 Å². The fourth-order valence-corrected chi connectivity index (χ4v) is 1.17. The smallest absolute Gasteiger partial charge is 0.408 e. The van der Waals surface area contributed by atoms with Gasteiger partial charge in [0.1, 0.15) is 5.60 Å². The number of carbonyl (C=O) groups is 2. The van der Waals surface area contributed by atoms with Crippen molar-refractivity contribution in [2.75, 3.05) is 12.7 Å². The molecule has 1 unspecified atom stereocenters. The molecule has 0 saturated heterocycles.